The highest BCUT2D eigenvalue weighted by Crippen LogP contribution is 2.60. The third kappa shape index (κ3) is 5.46. The Balaban J connectivity index is 0.954. The van der Waals surface area contributed by atoms with E-state index in [2.05, 4.69) is 159 Å². The lowest BCUT2D eigenvalue weighted by Crippen LogP contribution is -2.28. The van der Waals surface area contributed by atoms with Crippen LogP contribution in [0.25, 0.3) is 78.4 Å². The molecule has 7 aromatic carbocycles. The second kappa shape index (κ2) is 13.1. The van der Waals surface area contributed by atoms with Crippen molar-refractivity contribution < 1.29 is 0 Å². The van der Waals surface area contributed by atoms with Gasteiger partial charge in [-0.25, -0.2) is 9.97 Å². The van der Waals surface area contributed by atoms with Gasteiger partial charge in [0.15, 0.2) is 5.82 Å². The third-order valence-corrected chi connectivity index (χ3v) is 13.3. The van der Waals surface area contributed by atoms with E-state index >= 15 is 0 Å². The van der Waals surface area contributed by atoms with Crippen LogP contribution >= 0.6 is 0 Å². The van der Waals surface area contributed by atoms with E-state index in [0.29, 0.717) is 0 Å². The summed E-state index contributed by atoms with van der Waals surface area (Å²) >= 11 is 0. The first-order valence-corrected chi connectivity index (χ1v) is 20.6. The Hall–Kier alpha value is -6.38. The summed E-state index contributed by atoms with van der Waals surface area (Å²) in [4.78, 5) is 10.1. The molecule has 0 radical (unpaired) electrons. The maximum absolute atomic E-state index is 5.09. The lowest BCUT2D eigenvalue weighted by atomic mass is 9.67. The number of hydrogen-bond donors (Lipinski definition) is 0. The van der Waals surface area contributed by atoms with E-state index in [9.17, 15) is 0 Å². The Morgan fingerprint density at radius 1 is 0.351 bits per heavy atom. The number of nitrogens with zero attached hydrogens (tertiary/aromatic N) is 2. The van der Waals surface area contributed by atoms with Gasteiger partial charge in [0, 0.05) is 27.5 Å². The molecule has 0 unspecified atom stereocenters. The fourth-order valence-corrected chi connectivity index (χ4v) is 10.4. The highest BCUT2D eigenvalue weighted by atomic mass is 14.9. The van der Waals surface area contributed by atoms with E-state index in [4.69, 9.17) is 9.97 Å². The Labute approximate surface area is 336 Å². The third-order valence-electron chi connectivity index (χ3n) is 13.3. The van der Waals surface area contributed by atoms with Crippen molar-refractivity contribution in [2.75, 3.05) is 0 Å². The Kier molecular flexibility index (Phi) is 7.80. The van der Waals surface area contributed by atoms with Gasteiger partial charge in [-0.05, 0) is 110 Å². The molecule has 1 fully saturated rings. The van der Waals surface area contributed by atoms with Crippen LogP contribution < -0.4 is 0 Å². The molecule has 0 aliphatic heterocycles. The fraction of sp³-hybridized carbons (Fsp3) is 0.164. The molecule has 3 aliphatic carbocycles. The van der Waals surface area contributed by atoms with E-state index in [1.54, 1.807) is 11.1 Å². The van der Waals surface area contributed by atoms with Gasteiger partial charge in [-0.1, -0.05) is 173 Å². The standard InChI is InChI=1S/C55H44N2/c1-54(2)47-22-11-10-21-43(47)45-34-50-46(33-49(45)54)44-32-41(27-28-48(44)55(50)29-12-5-13-30-55)37-25-23-36(24-26-37)40-19-14-20-42(31-40)52-35-51(38-15-6-3-7-16-38)56-53(57-52)39-17-8-4-9-18-39/h3-4,6-11,14-28,31-35H,5,12-13,29-30H2,1-2H3. The molecule has 1 heterocycles. The van der Waals surface area contributed by atoms with Crippen LogP contribution in [0.1, 0.15) is 68.2 Å². The van der Waals surface area contributed by atoms with Gasteiger partial charge >= 0.3 is 0 Å². The summed E-state index contributed by atoms with van der Waals surface area (Å²) in [5.41, 5.74) is 21.7. The zero-order valence-corrected chi connectivity index (χ0v) is 32.6. The number of fused-ring (bicyclic) bond motifs is 8. The van der Waals surface area contributed by atoms with Gasteiger partial charge in [0.05, 0.1) is 11.4 Å². The molecule has 2 heteroatoms. The summed E-state index contributed by atoms with van der Waals surface area (Å²) in [7, 11) is 0. The summed E-state index contributed by atoms with van der Waals surface area (Å²) < 4.78 is 0. The first-order valence-electron chi connectivity index (χ1n) is 20.6. The normalized spacial score (nSPS) is 15.5. The molecule has 57 heavy (non-hydrogen) atoms. The van der Waals surface area contributed by atoms with E-state index in [-0.39, 0.29) is 10.8 Å². The second-order valence-corrected chi connectivity index (χ2v) is 16.9. The monoisotopic (exact) mass is 732 g/mol. The van der Waals surface area contributed by atoms with E-state index in [1.807, 2.05) is 24.3 Å². The van der Waals surface area contributed by atoms with Crippen LogP contribution in [0.5, 0.6) is 0 Å². The van der Waals surface area contributed by atoms with Crippen molar-refractivity contribution in [2.24, 2.45) is 0 Å². The zero-order chi connectivity index (χ0) is 38.1. The van der Waals surface area contributed by atoms with Crippen LogP contribution in [0.2, 0.25) is 0 Å². The summed E-state index contributed by atoms with van der Waals surface area (Å²) in [6.45, 7) is 4.81. The van der Waals surface area contributed by atoms with Crippen LogP contribution in [0.3, 0.4) is 0 Å². The van der Waals surface area contributed by atoms with Gasteiger partial charge in [-0.2, -0.15) is 0 Å². The van der Waals surface area contributed by atoms with Crippen molar-refractivity contribution in [1.29, 1.82) is 0 Å². The van der Waals surface area contributed by atoms with Crippen LogP contribution in [-0.4, -0.2) is 9.97 Å². The smallest absolute Gasteiger partial charge is 0.160 e. The molecule has 2 nitrogen and oxygen atoms in total. The van der Waals surface area contributed by atoms with Crippen molar-refractivity contribution >= 4 is 0 Å². The van der Waals surface area contributed by atoms with Crippen molar-refractivity contribution in [2.45, 2.75) is 56.8 Å². The SMILES string of the molecule is CC1(C)c2ccccc2-c2cc3c(cc21)-c1cc(-c2ccc(-c4cccc(-c5cc(-c6ccccc6)nc(-c6ccccc6)n5)c4)cc2)ccc1C31CCCCC1. The zero-order valence-electron chi connectivity index (χ0n) is 32.6. The van der Waals surface area contributed by atoms with Crippen LogP contribution in [0, 0.1) is 0 Å². The molecule has 1 saturated carbocycles. The van der Waals surface area contributed by atoms with Crippen molar-refractivity contribution in [3.63, 3.8) is 0 Å². The van der Waals surface area contributed by atoms with Gasteiger partial charge in [0.1, 0.15) is 0 Å². The van der Waals surface area contributed by atoms with Crippen LogP contribution in [-0.2, 0) is 10.8 Å². The maximum atomic E-state index is 5.09. The maximum Gasteiger partial charge on any atom is 0.160 e. The summed E-state index contributed by atoms with van der Waals surface area (Å²) in [6.07, 6.45) is 6.40. The van der Waals surface area contributed by atoms with E-state index < -0.39 is 0 Å². The fourth-order valence-electron chi connectivity index (χ4n) is 10.4. The van der Waals surface area contributed by atoms with Gasteiger partial charge in [0.25, 0.3) is 0 Å². The van der Waals surface area contributed by atoms with E-state index in [0.717, 1.165) is 33.9 Å². The van der Waals surface area contributed by atoms with Crippen molar-refractivity contribution in [3.8, 4) is 78.4 Å². The second-order valence-electron chi connectivity index (χ2n) is 16.9. The van der Waals surface area contributed by atoms with E-state index in [1.165, 1.54) is 87.7 Å². The predicted octanol–water partition coefficient (Wildman–Crippen LogP) is 14.3. The Morgan fingerprint density at radius 3 is 1.63 bits per heavy atom. The van der Waals surface area contributed by atoms with Gasteiger partial charge in [0.2, 0.25) is 0 Å². The highest BCUT2D eigenvalue weighted by Gasteiger charge is 2.46. The Bertz CT molecular complexity index is 2770. The summed E-state index contributed by atoms with van der Waals surface area (Å²) in [5.74, 6) is 0.728. The lowest BCUT2D eigenvalue weighted by Gasteiger charge is -2.36. The highest BCUT2D eigenvalue weighted by molar-refractivity contribution is 5.91. The first kappa shape index (κ1) is 33.9. The molecule has 1 aromatic heterocycles. The van der Waals surface area contributed by atoms with Gasteiger partial charge in [-0.3, -0.25) is 0 Å². The van der Waals surface area contributed by atoms with Crippen molar-refractivity contribution in [1.82, 2.24) is 9.97 Å². The predicted molar refractivity (Wildman–Crippen MR) is 236 cm³/mol. The average Bonchev–Trinajstić information content (AvgIpc) is 3.66. The largest absolute Gasteiger partial charge is 0.228 e. The molecule has 0 amide bonds. The quantitative estimate of drug-likeness (QED) is 0.176. The van der Waals surface area contributed by atoms with Crippen molar-refractivity contribution in [3.05, 3.63) is 192 Å². The minimum atomic E-state index is -0.0178. The average molecular weight is 733 g/mol. The van der Waals surface area contributed by atoms with Crippen LogP contribution in [0.15, 0.2) is 170 Å². The molecular weight excluding hydrogens is 689 g/mol. The minimum absolute atomic E-state index is 0.0178. The summed E-state index contributed by atoms with van der Waals surface area (Å²) in [6, 6.07) is 62.3. The molecule has 274 valence electrons. The molecule has 0 saturated heterocycles. The minimum Gasteiger partial charge on any atom is -0.228 e. The molecule has 11 rings (SSSR count). The topological polar surface area (TPSA) is 25.8 Å². The van der Waals surface area contributed by atoms with Gasteiger partial charge < -0.3 is 0 Å². The number of rotatable bonds is 5. The lowest BCUT2D eigenvalue weighted by molar-refractivity contribution is 0.353. The summed E-state index contributed by atoms with van der Waals surface area (Å²) in [5, 5.41) is 0. The number of hydrogen-bond acceptors (Lipinski definition) is 2. The molecular formula is C55H44N2. The first-order chi connectivity index (χ1) is 28.0. The molecule has 1 spiro atoms. The van der Waals surface area contributed by atoms with Crippen LogP contribution in [0.4, 0.5) is 0 Å². The molecule has 0 atom stereocenters. The molecule has 8 aromatic rings. The molecule has 0 N–H and O–H groups in total. The molecule has 0 bridgehead atoms. The Morgan fingerprint density at radius 2 is 0.895 bits per heavy atom. The number of aromatic nitrogens is 2. The molecule has 3 aliphatic rings. The van der Waals surface area contributed by atoms with Gasteiger partial charge in [-0.15, -0.1) is 0 Å². The number of benzene rings is 7.